The molecule has 80 heavy (non-hydrogen) atoms. The van der Waals surface area contributed by atoms with Crippen molar-refractivity contribution in [2.75, 3.05) is 13.7 Å². The largest absolute Gasteiger partial charge is 0.462 e. The summed E-state index contributed by atoms with van der Waals surface area (Å²) in [5, 5.41) is -0.0190. The van der Waals surface area contributed by atoms with Crippen molar-refractivity contribution in [1.82, 2.24) is 0 Å². The SMILES string of the molecule is C=C(C[C@H]1C[C@](C)(O[Si](CC)(CC)CC)C[C@@]2(C[C@@H](OC(C)=O)C[C@H](CC(=O)OC(C)(C)C)O2)O1)[C@@H](C)[C@H](OC(C)=O)[C@H](C)C(=O)C[C@@H]1C[C@H](OC)C[C@@]2(C[C@@H](O[Si](C)(C)C(C)(C)C)C[C@H](CO[Si](C(C)C)(C(C)C)C(C)C)O2)O1. The minimum atomic E-state index is -2.25. The third-order valence-electron chi connectivity index (χ3n) is 18.8. The summed E-state index contributed by atoms with van der Waals surface area (Å²) in [6.45, 7) is 50.9. The average molecular weight is 1180 g/mol. The molecule has 4 rings (SSSR count). The number of carbonyl (C=O) groups is 4. The van der Waals surface area contributed by atoms with Crippen LogP contribution in [-0.2, 0) is 70.4 Å². The zero-order valence-corrected chi connectivity index (χ0v) is 57.4. The Morgan fingerprint density at radius 3 is 1.66 bits per heavy atom. The summed E-state index contributed by atoms with van der Waals surface area (Å²) in [6.07, 6.45) is 0.00804. The van der Waals surface area contributed by atoms with Gasteiger partial charge < -0.3 is 51.2 Å². The molecule has 4 saturated heterocycles. The Bertz CT molecular complexity index is 2030. The number of hydrogen-bond donors (Lipinski definition) is 0. The van der Waals surface area contributed by atoms with E-state index in [-0.39, 0.29) is 48.4 Å². The van der Waals surface area contributed by atoms with E-state index in [1.807, 2.05) is 34.6 Å². The fraction of sp³-hybridized carbons (Fsp3) is 0.903. The lowest BCUT2D eigenvalue weighted by Gasteiger charge is -2.55. The quantitative estimate of drug-likeness (QED) is 0.0347. The van der Waals surface area contributed by atoms with Crippen molar-refractivity contribution in [2.24, 2.45) is 11.8 Å². The van der Waals surface area contributed by atoms with Crippen LogP contribution in [-0.4, -0.2) is 134 Å². The van der Waals surface area contributed by atoms with Crippen LogP contribution >= 0.6 is 0 Å². The Labute approximate surface area is 488 Å². The molecule has 15 nitrogen and oxygen atoms in total. The number of Topliss-reactive ketones (excluding diaryl/α,β-unsaturated/α-hetero) is 1. The van der Waals surface area contributed by atoms with Crippen LogP contribution in [0.5, 0.6) is 0 Å². The Balaban J connectivity index is 1.65. The van der Waals surface area contributed by atoms with Gasteiger partial charge in [-0.25, -0.2) is 0 Å². The molecule has 0 aromatic carbocycles. The zero-order chi connectivity index (χ0) is 60.8. The highest BCUT2D eigenvalue weighted by Gasteiger charge is 2.57. The lowest BCUT2D eigenvalue weighted by molar-refractivity contribution is -0.348. The number of methoxy groups -OCH3 is 1. The van der Waals surface area contributed by atoms with Gasteiger partial charge in [-0.05, 0) is 87.0 Å². The van der Waals surface area contributed by atoms with E-state index < -0.39 is 108 Å². The van der Waals surface area contributed by atoms with Gasteiger partial charge in [0.15, 0.2) is 36.5 Å². The van der Waals surface area contributed by atoms with Crippen molar-refractivity contribution >= 4 is 48.6 Å². The first-order chi connectivity index (χ1) is 36.7. The second-order valence-corrected chi connectivity index (χ2v) is 43.4. The third kappa shape index (κ3) is 18.6. The van der Waals surface area contributed by atoms with Gasteiger partial charge in [0.25, 0.3) is 0 Å². The van der Waals surface area contributed by atoms with Crippen molar-refractivity contribution in [2.45, 2.75) is 334 Å². The lowest BCUT2D eigenvalue weighted by Crippen LogP contribution is -2.61. The highest BCUT2D eigenvalue weighted by atomic mass is 28.4. The fourth-order valence-corrected chi connectivity index (χ4v) is 23.9. The van der Waals surface area contributed by atoms with Gasteiger partial charge in [0.05, 0.1) is 61.2 Å². The zero-order valence-electron chi connectivity index (χ0n) is 54.4. The number of carbonyl (C=O) groups excluding carboxylic acids is 4. The molecule has 0 aliphatic carbocycles. The molecule has 4 aliphatic heterocycles. The molecule has 0 radical (unpaired) electrons. The minimum Gasteiger partial charge on any atom is -0.462 e. The van der Waals surface area contributed by atoms with Crippen LogP contribution in [0.1, 0.15) is 209 Å². The van der Waals surface area contributed by atoms with Crippen LogP contribution in [0.2, 0.25) is 52.9 Å². The summed E-state index contributed by atoms with van der Waals surface area (Å²) < 4.78 is 74.1. The van der Waals surface area contributed by atoms with Gasteiger partial charge in [0.1, 0.15) is 23.6 Å². The van der Waals surface area contributed by atoms with Crippen LogP contribution in [0, 0.1) is 11.8 Å². The van der Waals surface area contributed by atoms with Gasteiger partial charge in [-0.3, -0.25) is 19.2 Å². The molecule has 0 unspecified atom stereocenters. The van der Waals surface area contributed by atoms with Crippen molar-refractivity contribution in [3.05, 3.63) is 12.2 Å². The Morgan fingerprint density at radius 2 is 1.15 bits per heavy atom. The maximum absolute atomic E-state index is 14.9. The third-order valence-corrected chi connectivity index (χ3v) is 34.2. The fourth-order valence-electron chi connectivity index (χ4n) is 13.9. The normalized spacial score (nSPS) is 30.4. The van der Waals surface area contributed by atoms with Crippen LogP contribution in [0.25, 0.3) is 0 Å². The number of ketones is 1. The Hall–Kier alpha value is -1.85. The summed E-state index contributed by atoms with van der Waals surface area (Å²) >= 11 is 0. The van der Waals surface area contributed by atoms with E-state index in [2.05, 4.69) is 110 Å². The van der Waals surface area contributed by atoms with Gasteiger partial charge in [0.2, 0.25) is 0 Å². The topological polar surface area (TPSA) is 170 Å². The molecule has 4 heterocycles. The molecule has 0 N–H and O–H groups in total. The molecule has 4 aliphatic rings. The van der Waals surface area contributed by atoms with Gasteiger partial charge >= 0.3 is 17.9 Å². The van der Waals surface area contributed by atoms with Crippen LogP contribution < -0.4 is 0 Å². The molecule has 0 bridgehead atoms. The molecule has 18 heteroatoms. The molecule has 0 saturated carbocycles. The molecular formula is C62H114O15Si3. The van der Waals surface area contributed by atoms with Crippen LogP contribution in [0.3, 0.4) is 0 Å². The Kier molecular flexibility index (Phi) is 24.8. The highest BCUT2D eigenvalue weighted by Crippen LogP contribution is 2.51. The highest BCUT2D eigenvalue weighted by molar-refractivity contribution is 6.77. The predicted octanol–water partition coefficient (Wildman–Crippen LogP) is 14.2. The Morgan fingerprint density at radius 1 is 0.650 bits per heavy atom. The van der Waals surface area contributed by atoms with Gasteiger partial charge in [-0.1, -0.05) is 109 Å². The van der Waals surface area contributed by atoms with Crippen molar-refractivity contribution in [1.29, 1.82) is 0 Å². The average Bonchev–Trinajstić information content (AvgIpc) is 3.29. The van der Waals surface area contributed by atoms with E-state index in [4.69, 9.17) is 51.2 Å². The summed E-state index contributed by atoms with van der Waals surface area (Å²) in [5.41, 5.74) is 0.510. The minimum absolute atomic E-state index is 0.0190. The smallest absolute Gasteiger partial charge is 0.308 e. The predicted molar refractivity (Wildman–Crippen MR) is 322 cm³/mol. The monoisotopic (exact) mass is 1180 g/mol. The van der Waals surface area contributed by atoms with Gasteiger partial charge in [0, 0.05) is 84.7 Å². The van der Waals surface area contributed by atoms with Crippen LogP contribution in [0.15, 0.2) is 12.2 Å². The summed E-state index contributed by atoms with van der Waals surface area (Å²) in [5.74, 6) is -5.06. The second kappa shape index (κ2) is 28.1. The molecule has 2 spiro atoms. The van der Waals surface area contributed by atoms with Crippen LogP contribution in [0.4, 0.5) is 0 Å². The maximum atomic E-state index is 14.9. The standard InChI is InChI=1S/C62H114O15Si3/c1-25-79(26-2,27-3)77-60(21)34-52(73-62(39-60)36-51(69-46(13)63)30-49(72-62)33-56(66)75-58(15,16)17)28-43(10)44(11)57(70-47(14)64)45(12)55(65)32-48-29-50(67-22)35-61(71-48)37-53(76-78(23,24)59(18,19)20)31-54(74-61)38-68-80(40(4)5,41(6)7)42(8)9/h40-42,44-45,48-54,57H,10,25-39H2,1-9,11-24H3/t44-,45-,48+,49-,50+,51+,52+,53+,54-,57+,60+,61-,62-/m1/s1. The summed E-state index contributed by atoms with van der Waals surface area (Å²) in [7, 11) is -5.02. The molecule has 4 fully saturated rings. The van der Waals surface area contributed by atoms with E-state index in [1.54, 1.807) is 7.11 Å². The molecule has 0 aromatic rings. The number of esters is 3. The number of rotatable bonds is 26. The van der Waals surface area contributed by atoms with E-state index in [1.165, 1.54) is 13.8 Å². The second-order valence-electron chi connectivity index (χ2n) is 28.5. The van der Waals surface area contributed by atoms with E-state index in [9.17, 15) is 19.2 Å². The van der Waals surface area contributed by atoms with Crippen molar-refractivity contribution < 1.29 is 70.4 Å². The molecule has 0 aromatic heterocycles. The summed E-state index contributed by atoms with van der Waals surface area (Å²) in [4.78, 5) is 53.8. The molecule has 13 atom stereocenters. The van der Waals surface area contributed by atoms with E-state index >= 15 is 0 Å². The number of hydrogen-bond acceptors (Lipinski definition) is 15. The summed E-state index contributed by atoms with van der Waals surface area (Å²) in [6, 6.07) is 2.78. The first kappa shape index (κ1) is 70.6. The maximum Gasteiger partial charge on any atom is 0.308 e. The van der Waals surface area contributed by atoms with E-state index in [0.29, 0.717) is 74.6 Å². The first-order valence-electron chi connectivity index (χ1n) is 30.8. The molecule has 0 amide bonds. The lowest BCUT2D eigenvalue weighted by atomic mass is 9.78. The van der Waals surface area contributed by atoms with Gasteiger partial charge in [-0.15, -0.1) is 0 Å². The first-order valence-corrected chi connectivity index (χ1v) is 38.3. The van der Waals surface area contributed by atoms with E-state index in [0.717, 1.165) is 23.7 Å². The molecular weight excluding hydrogens is 1070 g/mol. The number of ether oxygens (including phenoxy) is 8. The van der Waals surface area contributed by atoms with Crippen molar-refractivity contribution in [3.63, 3.8) is 0 Å². The molecule has 464 valence electrons. The van der Waals surface area contributed by atoms with Crippen molar-refractivity contribution in [3.8, 4) is 0 Å². The van der Waals surface area contributed by atoms with Gasteiger partial charge in [-0.2, -0.15) is 0 Å².